The molecule has 8 heteroatoms. The lowest BCUT2D eigenvalue weighted by Crippen LogP contribution is -2.27. The molecule has 0 aliphatic heterocycles. The number of halogens is 3. The molecule has 0 radical (unpaired) electrons. The summed E-state index contributed by atoms with van der Waals surface area (Å²) in [6.45, 7) is 3.25. The van der Waals surface area contributed by atoms with Gasteiger partial charge < -0.3 is 14.6 Å². The Morgan fingerprint density at radius 1 is 1.33 bits per heavy atom. The monoisotopic (exact) mass is 393 g/mol. The molecule has 0 saturated heterocycles. The quantitative estimate of drug-likeness (QED) is 0.691. The Hall–Kier alpha value is -1.17. The number of carboxylic acid groups (broad SMARTS) is 1. The second-order valence-corrected chi connectivity index (χ2v) is 6.12. The average molecular weight is 395 g/mol. The van der Waals surface area contributed by atoms with E-state index in [1.807, 2.05) is 36.7 Å². The van der Waals surface area contributed by atoms with E-state index in [2.05, 4.69) is 9.88 Å². The SMILES string of the molecule is CCC(C(=O)O)c1nc2cc(N(CCCl)CCCl)ccc2n1C.Cl. The molecule has 1 unspecified atom stereocenters. The molecule has 24 heavy (non-hydrogen) atoms. The summed E-state index contributed by atoms with van der Waals surface area (Å²) >= 11 is 11.7. The van der Waals surface area contributed by atoms with Gasteiger partial charge in [0, 0.05) is 37.6 Å². The number of carboxylic acids is 1. The summed E-state index contributed by atoms with van der Waals surface area (Å²) in [6.07, 6.45) is 0.504. The van der Waals surface area contributed by atoms with Crippen molar-refractivity contribution in [3.8, 4) is 0 Å². The number of aromatic nitrogens is 2. The highest BCUT2D eigenvalue weighted by Gasteiger charge is 2.23. The average Bonchev–Trinajstić information content (AvgIpc) is 2.84. The van der Waals surface area contributed by atoms with Crippen LogP contribution in [0.4, 0.5) is 5.69 Å². The summed E-state index contributed by atoms with van der Waals surface area (Å²) in [5, 5.41) is 9.37. The van der Waals surface area contributed by atoms with Gasteiger partial charge in [0.2, 0.25) is 0 Å². The van der Waals surface area contributed by atoms with E-state index < -0.39 is 11.9 Å². The molecule has 0 spiro atoms. The maximum atomic E-state index is 11.4. The fourth-order valence-electron chi connectivity index (χ4n) is 2.76. The largest absolute Gasteiger partial charge is 0.481 e. The summed E-state index contributed by atoms with van der Waals surface area (Å²) in [5.41, 5.74) is 2.70. The third-order valence-electron chi connectivity index (χ3n) is 3.99. The van der Waals surface area contributed by atoms with Crippen LogP contribution >= 0.6 is 35.6 Å². The maximum absolute atomic E-state index is 11.4. The molecular weight excluding hydrogens is 373 g/mol. The third-order valence-corrected chi connectivity index (χ3v) is 4.33. The second-order valence-electron chi connectivity index (χ2n) is 5.37. The van der Waals surface area contributed by atoms with Crippen molar-refractivity contribution in [1.29, 1.82) is 0 Å². The lowest BCUT2D eigenvalue weighted by atomic mass is 10.1. The molecule has 1 N–H and O–H groups in total. The van der Waals surface area contributed by atoms with E-state index in [0.717, 1.165) is 16.7 Å². The topological polar surface area (TPSA) is 58.4 Å². The third kappa shape index (κ3) is 4.26. The lowest BCUT2D eigenvalue weighted by molar-refractivity contribution is -0.139. The summed E-state index contributed by atoms with van der Waals surface area (Å²) in [6, 6.07) is 5.92. The highest BCUT2D eigenvalue weighted by molar-refractivity contribution is 6.18. The van der Waals surface area contributed by atoms with Crippen LogP contribution in [0.25, 0.3) is 11.0 Å². The van der Waals surface area contributed by atoms with E-state index >= 15 is 0 Å². The van der Waals surface area contributed by atoms with Crippen LogP contribution in [0.3, 0.4) is 0 Å². The number of hydrogen-bond acceptors (Lipinski definition) is 3. The van der Waals surface area contributed by atoms with Crippen molar-refractivity contribution in [3.63, 3.8) is 0 Å². The number of nitrogens with zero attached hydrogens (tertiary/aromatic N) is 3. The molecule has 2 rings (SSSR count). The van der Waals surface area contributed by atoms with Crippen LogP contribution < -0.4 is 4.90 Å². The van der Waals surface area contributed by atoms with Crippen molar-refractivity contribution in [2.75, 3.05) is 29.7 Å². The number of benzene rings is 1. The molecule has 0 amide bonds. The number of aliphatic carboxylic acids is 1. The predicted molar refractivity (Wildman–Crippen MR) is 102 cm³/mol. The number of hydrogen-bond donors (Lipinski definition) is 1. The normalized spacial score (nSPS) is 12.0. The van der Waals surface area contributed by atoms with Crippen molar-refractivity contribution >= 4 is 58.3 Å². The molecular formula is C16H22Cl3N3O2. The van der Waals surface area contributed by atoms with Crippen molar-refractivity contribution in [2.45, 2.75) is 19.3 Å². The Labute approximate surface area is 158 Å². The zero-order valence-electron chi connectivity index (χ0n) is 13.7. The summed E-state index contributed by atoms with van der Waals surface area (Å²) in [5.74, 6) is 0.154. The molecule has 1 heterocycles. The van der Waals surface area contributed by atoms with Crippen molar-refractivity contribution < 1.29 is 9.90 Å². The highest BCUT2D eigenvalue weighted by Crippen LogP contribution is 2.27. The van der Waals surface area contributed by atoms with E-state index in [4.69, 9.17) is 23.2 Å². The molecule has 0 aliphatic rings. The van der Waals surface area contributed by atoms with Gasteiger partial charge >= 0.3 is 5.97 Å². The molecule has 2 aromatic rings. The number of fused-ring (bicyclic) bond motifs is 1. The molecule has 134 valence electrons. The fourth-order valence-corrected chi connectivity index (χ4v) is 3.16. The Balaban J connectivity index is 0.00000288. The van der Waals surface area contributed by atoms with E-state index in [0.29, 0.717) is 37.1 Å². The lowest BCUT2D eigenvalue weighted by Gasteiger charge is -2.22. The van der Waals surface area contributed by atoms with Crippen LogP contribution in [0.1, 0.15) is 25.1 Å². The summed E-state index contributed by atoms with van der Waals surface area (Å²) < 4.78 is 1.86. The van der Waals surface area contributed by atoms with Crippen LogP contribution in [0.5, 0.6) is 0 Å². The van der Waals surface area contributed by atoms with Gasteiger partial charge in [-0.15, -0.1) is 35.6 Å². The Bertz CT molecular complexity index is 685. The number of aryl methyl sites for hydroxylation is 1. The Morgan fingerprint density at radius 3 is 2.46 bits per heavy atom. The Morgan fingerprint density at radius 2 is 1.96 bits per heavy atom. The molecule has 0 fully saturated rings. The summed E-state index contributed by atoms with van der Waals surface area (Å²) in [7, 11) is 1.85. The number of imidazole rings is 1. The predicted octanol–water partition coefficient (Wildman–Crippen LogP) is 3.86. The zero-order chi connectivity index (χ0) is 17.0. The highest BCUT2D eigenvalue weighted by atomic mass is 35.5. The number of rotatable bonds is 8. The van der Waals surface area contributed by atoms with Gasteiger partial charge in [0.25, 0.3) is 0 Å². The number of anilines is 1. The van der Waals surface area contributed by atoms with Gasteiger partial charge in [-0.1, -0.05) is 6.92 Å². The minimum atomic E-state index is -0.850. The molecule has 0 aliphatic carbocycles. The van der Waals surface area contributed by atoms with Gasteiger partial charge in [0.15, 0.2) is 0 Å². The standard InChI is InChI=1S/C16H21Cl2N3O2.ClH/c1-3-12(16(22)23)15-19-13-10-11(4-5-14(13)20(15)2)21(8-6-17)9-7-18;/h4-5,10,12H,3,6-9H2,1-2H3,(H,22,23);1H. The first-order valence-corrected chi connectivity index (χ1v) is 8.66. The van der Waals surface area contributed by atoms with Crippen LogP contribution in [0.15, 0.2) is 18.2 Å². The second kappa shape index (κ2) is 9.35. The Kier molecular flexibility index (Phi) is 8.13. The first-order valence-electron chi connectivity index (χ1n) is 7.59. The van der Waals surface area contributed by atoms with Crippen molar-refractivity contribution in [3.05, 3.63) is 24.0 Å². The van der Waals surface area contributed by atoms with Crippen molar-refractivity contribution in [1.82, 2.24) is 9.55 Å². The smallest absolute Gasteiger partial charge is 0.314 e. The molecule has 1 aromatic heterocycles. The number of alkyl halides is 2. The van der Waals surface area contributed by atoms with E-state index in [-0.39, 0.29) is 12.4 Å². The first-order chi connectivity index (χ1) is 11.0. The molecule has 1 atom stereocenters. The van der Waals surface area contributed by atoms with Gasteiger partial charge in [-0.3, -0.25) is 4.79 Å². The molecule has 5 nitrogen and oxygen atoms in total. The minimum Gasteiger partial charge on any atom is -0.481 e. The fraction of sp³-hybridized carbons (Fsp3) is 0.500. The van der Waals surface area contributed by atoms with Crippen LogP contribution in [0.2, 0.25) is 0 Å². The van der Waals surface area contributed by atoms with E-state index in [9.17, 15) is 9.90 Å². The minimum absolute atomic E-state index is 0. The van der Waals surface area contributed by atoms with Gasteiger partial charge in [0.05, 0.1) is 11.0 Å². The van der Waals surface area contributed by atoms with Gasteiger partial charge in [-0.05, 0) is 24.6 Å². The molecule has 0 bridgehead atoms. The van der Waals surface area contributed by atoms with Crippen LogP contribution in [-0.4, -0.2) is 45.5 Å². The van der Waals surface area contributed by atoms with Crippen LogP contribution in [0, 0.1) is 0 Å². The van der Waals surface area contributed by atoms with Crippen LogP contribution in [-0.2, 0) is 11.8 Å². The van der Waals surface area contributed by atoms with Crippen molar-refractivity contribution in [2.24, 2.45) is 7.05 Å². The zero-order valence-corrected chi connectivity index (χ0v) is 16.0. The molecule has 1 aromatic carbocycles. The molecule has 0 saturated carbocycles. The summed E-state index contributed by atoms with van der Waals surface area (Å²) in [4.78, 5) is 18.1. The van der Waals surface area contributed by atoms with E-state index in [1.165, 1.54) is 0 Å². The maximum Gasteiger partial charge on any atom is 0.314 e. The first kappa shape index (κ1) is 20.9. The van der Waals surface area contributed by atoms with Gasteiger partial charge in [0.1, 0.15) is 11.7 Å². The van der Waals surface area contributed by atoms with E-state index in [1.54, 1.807) is 0 Å². The van der Waals surface area contributed by atoms with Gasteiger partial charge in [-0.25, -0.2) is 4.98 Å². The number of carbonyl (C=O) groups is 1. The van der Waals surface area contributed by atoms with Gasteiger partial charge in [-0.2, -0.15) is 0 Å².